The monoisotopic (exact) mass is 283 g/mol. The standard InChI is InChI=1S/C15H13N3OS/c16-8-12-4-2-1-3-11(12)7-13-9-17-15(20-13)18-14(19)10-5-6-10/h1-4,9-10H,5-7H2,(H,17,18,19). The Morgan fingerprint density at radius 1 is 1.45 bits per heavy atom. The number of nitriles is 1. The van der Waals surface area contributed by atoms with Crippen LogP contribution in [0.2, 0.25) is 0 Å². The normalized spacial score (nSPS) is 13.8. The van der Waals surface area contributed by atoms with Gasteiger partial charge in [0.15, 0.2) is 5.13 Å². The topological polar surface area (TPSA) is 65.8 Å². The lowest BCUT2D eigenvalue weighted by Crippen LogP contribution is -2.12. The first-order chi connectivity index (χ1) is 9.76. The van der Waals surface area contributed by atoms with Crippen LogP contribution in [-0.2, 0) is 11.2 Å². The van der Waals surface area contributed by atoms with Crippen molar-refractivity contribution in [1.29, 1.82) is 5.26 Å². The molecule has 2 aromatic rings. The largest absolute Gasteiger partial charge is 0.302 e. The van der Waals surface area contributed by atoms with Crippen molar-refractivity contribution in [3.05, 3.63) is 46.5 Å². The minimum atomic E-state index is 0.0725. The fourth-order valence-corrected chi connectivity index (χ4v) is 2.81. The quantitative estimate of drug-likeness (QED) is 0.938. The molecule has 4 nitrogen and oxygen atoms in total. The second kappa shape index (κ2) is 5.43. The second-order valence-corrected chi connectivity index (χ2v) is 5.96. The van der Waals surface area contributed by atoms with Crippen molar-refractivity contribution in [3.8, 4) is 6.07 Å². The van der Waals surface area contributed by atoms with Gasteiger partial charge in [0.05, 0.1) is 11.6 Å². The molecular formula is C15H13N3OS. The van der Waals surface area contributed by atoms with E-state index in [1.807, 2.05) is 24.3 Å². The van der Waals surface area contributed by atoms with Crippen LogP contribution >= 0.6 is 11.3 Å². The van der Waals surface area contributed by atoms with Gasteiger partial charge in [0.2, 0.25) is 5.91 Å². The van der Waals surface area contributed by atoms with Crippen LogP contribution in [0.4, 0.5) is 5.13 Å². The summed E-state index contributed by atoms with van der Waals surface area (Å²) in [5.74, 6) is 0.255. The Kier molecular flexibility index (Phi) is 3.48. The van der Waals surface area contributed by atoms with Gasteiger partial charge in [-0.2, -0.15) is 5.26 Å². The maximum absolute atomic E-state index is 11.7. The van der Waals surface area contributed by atoms with Crippen molar-refractivity contribution in [2.75, 3.05) is 5.32 Å². The van der Waals surface area contributed by atoms with Crippen molar-refractivity contribution in [1.82, 2.24) is 4.98 Å². The molecule has 20 heavy (non-hydrogen) atoms. The van der Waals surface area contributed by atoms with Gasteiger partial charge >= 0.3 is 0 Å². The van der Waals surface area contributed by atoms with Crippen LogP contribution in [0.3, 0.4) is 0 Å². The van der Waals surface area contributed by atoms with Gasteiger partial charge in [-0.15, -0.1) is 11.3 Å². The summed E-state index contributed by atoms with van der Waals surface area (Å²) in [6, 6.07) is 9.73. The molecule has 5 heteroatoms. The van der Waals surface area contributed by atoms with E-state index in [2.05, 4.69) is 16.4 Å². The van der Waals surface area contributed by atoms with Gasteiger partial charge in [-0.05, 0) is 24.5 Å². The van der Waals surface area contributed by atoms with E-state index in [9.17, 15) is 4.79 Å². The van der Waals surface area contributed by atoms with Crippen molar-refractivity contribution in [2.24, 2.45) is 5.92 Å². The fraction of sp³-hybridized carbons (Fsp3) is 0.267. The molecule has 0 atom stereocenters. The van der Waals surface area contributed by atoms with Gasteiger partial charge in [0, 0.05) is 23.4 Å². The zero-order valence-electron chi connectivity index (χ0n) is 10.8. The summed E-state index contributed by atoms with van der Waals surface area (Å²) in [6.45, 7) is 0. The molecule has 1 aromatic heterocycles. The van der Waals surface area contributed by atoms with E-state index in [1.54, 1.807) is 6.20 Å². The first-order valence-electron chi connectivity index (χ1n) is 6.50. The van der Waals surface area contributed by atoms with E-state index in [-0.39, 0.29) is 11.8 Å². The molecule has 100 valence electrons. The number of carbonyl (C=O) groups excluding carboxylic acids is 1. The molecule has 1 heterocycles. The van der Waals surface area contributed by atoms with Gasteiger partial charge < -0.3 is 5.32 Å². The van der Waals surface area contributed by atoms with Crippen molar-refractivity contribution < 1.29 is 4.79 Å². The molecule has 1 aromatic carbocycles. The number of carbonyl (C=O) groups is 1. The average Bonchev–Trinajstić information content (AvgIpc) is 3.23. The zero-order chi connectivity index (χ0) is 13.9. The van der Waals surface area contributed by atoms with Gasteiger partial charge in [0.1, 0.15) is 0 Å². The lowest BCUT2D eigenvalue weighted by Gasteiger charge is -2.00. The smallest absolute Gasteiger partial charge is 0.229 e. The summed E-state index contributed by atoms with van der Waals surface area (Å²) in [6.07, 6.45) is 4.40. The van der Waals surface area contributed by atoms with Gasteiger partial charge in [-0.25, -0.2) is 4.98 Å². The van der Waals surface area contributed by atoms with Crippen molar-refractivity contribution in [2.45, 2.75) is 19.3 Å². The summed E-state index contributed by atoms with van der Waals surface area (Å²) in [5.41, 5.74) is 1.67. The Hall–Kier alpha value is -2.19. The molecule has 0 radical (unpaired) electrons. The van der Waals surface area contributed by atoms with Crippen LogP contribution in [0.1, 0.15) is 28.8 Å². The predicted octanol–water partition coefficient (Wildman–Crippen LogP) is 2.95. The fourth-order valence-electron chi connectivity index (χ4n) is 1.97. The summed E-state index contributed by atoms with van der Waals surface area (Å²) in [5, 5.41) is 12.6. The molecule has 0 unspecified atom stereocenters. The number of anilines is 1. The lowest BCUT2D eigenvalue weighted by molar-refractivity contribution is -0.117. The Labute approximate surface area is 121 Å². The number of nitrogens with one attached hydrogen (secondary N) is 1. The average molecular weight is 283 g/mol. The Balaban J connectivity index is 1.70. The van der Waals surface area contributed by atoms with E-state index in [0.29, 0.717) is 17.1 Å². The highest BCUT2D eigenvalue weighted by molar-refractivity contribution is 7.15. The second-order valence-electron chi connectivity index (χ2n) is 4.84. The highest BCUT2D eigenvalue weighted by atomic mass is 32.1. The van der Waals surface area contributed by atoms with Crippen LogP contribution in [-0.4, -0.2) is 10.9 Å². The number of amides is 1. The van der Waals surface area contributed by atoms with E-state index < -0.39 is 0 Å². The highest BCUT2D eigenvalue weighted by Gasteiger charge is 2.30. The SMILES string of the molecule is N#Cc1ccccc1Cc1cnc(NC(=O)C2CC2)s1. The number of hydrogen-bond donors (Lipinski definition) is 1. The number of thiazole rings is 1. The number of nitrogens with zero attached hydrogens (tertiary/aromatic N) is 2. The molecule has 0 spiro atoms. The van der Waals surface area contributed by atoms with Crippen molar-refractivity contribution >= 4 is 22.4 Å². The lowest BCUT2D eigenvalue weighted by atomic mass is 10.1. The minimum absolute atomic E-state index is 0.0725. The molecule has 1 saturated carbocycles. The Bertz CT molecular complexity index is 682. The minimum Gasteiger partial charge on any atom is -0.302 e. The number of rotatable bonds is 4. The molecule has 1 aliphatic rings. The molecule has 0 saturated heterocycles. The Morgan fingerprint density at radius 3 is 3.00 bits per heavy atom. The number of benzene rings is 1. The predicted molar refractivity (Wildman–Crippen MR) is 77.4 cm³/mol. The molecule has 0 bridgehead atoms. The molecule has 1 fully saturated rings. The third-order valence-electron chi connectivity index (χ3n) is 3.23. The maximum Gasteiger partial charge on any atom is 0.229 e. The van der Waals surface area contributed by atoms with Crippen LogP contribution in [0.25, 0.3) is 0 Å². The van der Waals surface area contributed by atoms with Crippen LogP contribution in [0.15, 0.2) is 30.5 Å². The first-order valence-corrected chi connectivity index (χ1v) is 7.31. The van der Waals surface area contributed by atoms with E-state index in [4.69, 9.17) is 5.26 Å². The maximum atomic E-state index is 11.7. The van der Waals surface area contributed by atoms with Crippen LogP contribution in [0.5, 0.6) is 0 Å². The molecule has 0 aliphatic heterocycles. The summed E-state index contributed by atoms with van der Waals surface area (Å²) in [7, 11) is 0. The van der Waals surface area contributed by atoms with Crippen molar-refractivity contribution in [3.63, 3.8) is 0 Å². The van der Waals surface area contributed by atoms with E-state index >= 15 is 0 Å². The van der Waals surface area contributed by atoms with Gasteiger partial charge in [0.25, 0.3) is 0 Å². The van der Waals surface area contributed by atoms with Gasteiger partial charge in [-0.3, -0.25) is 4.79 Å². The molecule has 3 rings (SSSR count). The van der Waals surface area contributed by atoms with E-state index in [1.165, 1.54) is 11.3 Å². The third kappa shape index (κ3) is 2.86. The first kappa shape index (κ1) is 12.8. The van der Waals surface area contributed by atoms with Crippen LogP contribution < -0.4 is 5.32 Å². The number of aromatic nitrogens is 1. The molecular weight excluding hydrogens is 270 g/mol. The number of hydrogen-bond acceptors (Lipinski definition) is 4. The summed E-state index contributed by atoms with van der Waals surface area (Å²) < 4.78 is 0. The highest BCUT2D eigenvalue weighted by Crippen LogP contribution is 2.31. The molecule has 1 N–H and O–H groups in total. The van der Waals surface area contributed by atoms with Gasteiger partial charge in [-0.1, -0.05) is 18.2 Å². The summed E-state index contributed by atoms with van der Waals surface area (Å²) >= 11 is 1.47. The molecule has 1 amide bonds. The Morgan fingerprint density at radius 2 is 2.25 bits per heavy atom. The zero-order valence-corrected chi connectivity index (χ0v) is 11.6. The third-order valence-corrected chi connectivity index (χ3v) is 4.15. The van der Waals surface area contributed by atoms with E-state index in [0.717, 1.165) is 23.3 Å². The van der Waals surface area contributed by atoms with Crippen LogP contribution in [0, 0.1) is 17.2 Å². The molecule has 1 aliphatic carbocycles. The summed E-state index contributed by atoms with van der Waals surface area (Å²) in [4.78, 5) is 16.9.